The second-order valence-electron chi connectivity index (χ2n) is 4.29. The van der Waals surface area contributed by atoms with E-state index in [2.05, 4.69) is 0 Å². The minimum Gasteiger partial charge on any atom is -0.480 e. The van der Waals surface area contributed by atoms with E-state index in [1.54, 1.807) is 12.1 Å². The van der Waals surface area contributed by atoms with E-state index in [1.807, 2.05) is 6.92 Å². The lowest BCUT2D eigenvalue weighted by Crippen LogP contribution is -2.38. The summed E-state index contributed by atoms with van der Waals surface area (Å²) in [6.07, 6.45) is 0.695. The number of hydrogen-bond donors (Lipinski definition) is 1. The fourth-order valence-corrected chi connectivity index (χ4v) is 3.09. The van der Waals surface area contributed by atoms with Crippen LogP contribution in [0.2, 0.25) is 0 Å². The Hall–Kier alpha value is -1.82. The zero-order valence-electron chi connectivity index (χ0n) is 10.9. The standard InChI is InChI=1S/C14H14FNO3S/c1-2-11-14(9-3-5-10(15)6-4-9)16(7-13(18)19)12(17)8-20-11/h3-6H,2,7-8H2,1H3,(H,18,19). The van der Waals surface area contributed by atoms with E-state index in [1.165, 1.54) is 28.8 Å². The Morgan fingerprint density at radius 1 is 1.40 bits per heavy atom. The molecule has 0 aliphatic carbocycles. The number of thioether (sulfide) groups is 1. The van der Waals surface area contributed by atoms with Gasteiger partial charge in [0.2, 0.25) is 5.91 Å². The molecule has 0 radical (unpaired) electrons. The summed E-state index contributed by atoms with van der Waals surface area (Å²) < 4.78 is 13.0. The van der Waals surface area contributed by atoms with Crippen molar-refractivity contribution in [1.82, 2.24) is 4.90 Å². The highest BCUT2D eigenvalue weighted by Gasteiger charge is 2.29. The maximum atomic E-state index is 13.0. The number of carboxylic acids is 1. The summed E-state index contributed by atoms with van der Waals surface area (Å²) >= 11 is 1.41. The monoisotopic (exact) mass is 295 g/mol. The molecule has 0 saturated carbocycles. The number of halogens is 1. The molecule has 1 N–H and O–H groups in total. The number of benzene rings is 1. The molecule has 1 amide bonds. The average Bonchev–Trinajstić information content (AvgIpc) is 2.41. The first-order valence-corrected chi connectivity index (χ1v) is 7.15. The first kappa shape index (κ1) is 14.6. The van der Waals surface area contributed by atoms with Crippen LogP contribution < -0.4 is 0 Å². The smallest absolute Gasteiger partial charge is 0.323 e. The quantitative estimate of drug-likeness (QED) is 0.927. The fourth-order valence-electron chi connectivity index (χ4n) is 2.07. The highest BCUT2D eigenvalue weighted by atomic mass is 32.2. The first-order valence-electron chi connectivity index (χ1n) is 6.17. The zero-order chi connectivity index (χ0) is 14.7. The SMILES string of the molecule is CCC1=C(c2ccc(F)cc2)N(CC(=O)O)C(=O)CS1. The number of nitrogens with zero attached hydrogens (tertiary/aromatic N) is 1. The third-order valence-electron chi connectivity index (χ3n) is 2.94. The van der Waals surface area contributed by atoms with E-state index < -0.39 is 5.97 Å². The van der Waals surface area contributed by atoms with E-state index >= 15 is 0 Å². The molecule has 0 aromatic heterocycles. The molecule has 0 unspecified atom stereocenters. The van der Waals surface area contributed by atoms with Crippen LogP contribution in [0.3, 0.4) is 0 Å². The van der Waals surface area contributed by atoms with Gasteiger partial charge in [0.05, 0.1) is 11.4 Å². The molecule has 0 saturated heterocycles. The Balaban J connectivity index is 2.49. The number of carbonyl (C=O) groups excluding carboxylic acids is 1. The summed E-state index contributed by atoms with van der Waals surface area (Å²) in [7, 11) is 0. The number of carbonyl (C=O) groups is 2. The van der Waals surface area contributed by atoms with Crippen molar-refractivity contribution in [2.75, 3.05) is 12.3 Å². The van der Waals surface area contributed by atoms with Crippen molar-refractivity contribution < 1.29 is 19.1 Å². The van der Waals surface area contributed by atoms with Gasteiger partial charge in [-0.05, 0) is 36.2 Å². The molecule has 0 spiro atoms. The molecule has 0 fully saturated rings. The number of carboxylic acid groups (broad SMARTS) is 1. The van der Waals surface area contributed by atoms with Gasteiger partial charge in [0.15, 0.2) is 0 Å². The molecule has 2 rings (SSSR count). The Kier molecular flexibility index (Phi) is 4.44. The van der Waals surface area contributed by atoms with Crippen LogP contribution >= 0.6 is 11.8 Å². The van der Waals surface area contributed by atoms with Crippen LogP contribution in [0.25, 0.3) is 5.70 Å². The van der Waals surface area contributed by atoms with Gasteiger partial charge in [0.25, 0.3) is 0 Å². The van der Waals surface area contributed by atoms with Crippen molar-refractivity contribution in [3.05, 3.63) is 40.6 Å². The molecule has 1 aromatic rings. The molecule has 1 aromatic carbocycles. The number of hydrogen-bond acceptors (Lipinski definition) is 3. The van der Waals surface area contributed by atoms with E-state index in [0.29, 0.717) is 17.7 Å². The van der Waals surface area contributed by atoms with Crippen molar-refractivity contribution in [2.45, 2.75) is 13.3 Å². The van der Waals surface area contributed by atoms with Crippen LogP contribution in [0.4, 0.5) is 4.39 Å². The van der Waals surface area contributed by atoms with Gasteiger partial charge in [-0.25, -0.2) is 4.39 Å². The van der Waals surface area contributed by atoms with Crippen LogP contribution in [0.5, 0.6) is 0 Å². The first-order chi connectivity index (χ1) is 9.52. The van der Waals surface area contributed by atoms with Crippen molar-refractivity contribution in [3.8, 4) is 0 Å². The predicted molar refractivity (Wildman–Crippen MR) is 75.4 cm³/mol. The Bertz CT molecular complexity index is 568. The van der Waals surface area contributed by atoms with Crippen LogP contribution in [0, 0.1) is 5.82 Å². The molecule has 106 valence electrons. The van der Waals surface area contributed by atoms with Gasteiger partial charge >= 0.3 is 5.97 Å². The zero-order valence-corrected chi connectivity index (χ0v) is 11.7. The molecule has 1 aliphatic heterocycles. The highest BCUT2D eigenvalue weighted by molar-refractivity contribution is 8.04. The second-order valence-corrected chi connectivity index (χ2v) is 5.36. The van der Waals surface area contributed by atoms with Crippen LogP contribution in [-0.4, -0.2) is 34.2 Å². The van der Waals surface area contributed by atoms with Gasteiger partial charge in [-0.15, -0.1) is 11.8 Å². The van der Waals surface area contributed by atoms with E-state index in [0.717, 1.165) is 4.91 Å². The molecular weight excluding hydrogens is 281 g/mol. The lowest BCUT2D eigenvalue weighted by atomic mass is 10.1. The number of amides is 1. The minimum atomic E-state index is -1.07. The molecule has 20 heavy (non-hydrogen) atoms. The summed E-state index contributed by atoms with van der Waals surface area (Å²) in [6, 6.07) is 5.74. The Labute approximate surface area is 120 Å². The van der Waals surface area contributed by atoms with Gasteiger partial charge in [-0.2, -0.15) is 0 Å². The van der Waals surface area contributed by atoms with Gasteiger partial charge < -0.3 is 5.11 Å². The Morgan fingerprint density at radius 3 is 2.60 bits per heavy atom. The van der Waals surface area contributed by atoms with Crippen LogP contribution in [0.1, 0.15) is 18.9 Å². The minimum absolute atomic E-state index is 0.237. The topological polar surface area (TPSA) is 57.6 Å². The van der Waals surface area contributed by atoms with Crippen LogP contribution in [-0.2, 0) is 9.59 Å². The summed E-state index contributed by atoms with van der Waals surface area (Å²) in [5, 5.41) is 8.97. The van der Waals surface area contributed by atoms with Crippen LogP contribution in [0.15, 0.2) is 29.2 Å². The van der Waals surface area contributed by atoms with E-state index in [4.69, 9.17) is 5.11 Å². The third-order valence-corrected chi connectivity index (χ3v) is 4.16. The highest BCUT2D eigenvalue weighted by Crippen LogP contribution is 2.36. The van der Waals surface area contributed by atoms with Crippen molar-refractivity contribution in [3.63, 3.8) is 0 Å². The average molecular weight is 295 g/mol. The predicted octanol–water partition coefficient (Wildman–Crippen LogP) is 2.56. The van der Waals surface area contributed by atoms with Gasteiger partial charge in [0, 0.05) is 4.91 Å². The normalized spacial score (nSPS) is 15.7. The molecule has 0 bridgehead atoms. The molecule has 1 heterocycles. The van der Waals surface area contributed by atoms with Gasteiger partial charge in [-0.3, -0.25) is 14.5 Å². The lowest BCUT2D eigenvalue weighted by molar-refractivity contribution is -0.141. The molecule has 6 heteroatoms. The fraction of sp³-hybridized carbons (Fsp3) is 0.286. The molecular formula is C14H14FNO3S. The number of aliphatic carboxylic acids is 1. The third kappa shape index (κ3) is 3.01. The van der Waals surface area contributed by atoms with E-state index in [-0.39, 0.29) is 24.0 Å². The number of allylic oxidation sites excluding steroid dienone is 1. The van der Waals surface area contributed by atoms with Crippen molar-refractivity contribution in [2.24, 2.45) is 0 Å². The maximum absolute atomic E-state index is 13.0. The summed E-state index contributed by atoms with van der Waals surface area (Å²) in [5.41, 5.74) is 1.24. The number of rotatable bonds is 4. The van der Waals surface area contributed by atoms with Gasteiger partial charge in [0.1, 0.15) is 12.4 Å². The Morgan fingerprint density at radius 2 is 2.05 bits per heavy atom. The maximum Gasteiger partial charge on any atom is 0.323 e. The van der Waals surface area contributed by atoms with Gasteiger partial charge in [-0.1, -0.05) is 6.92 Å². The van der Waals surface area contributed by atoms with Crippen molar-refractivity contribution >= 4 is 29.3 Å². The molecule has 1 aliphatic rings. The summed E-state index contributed by atoms with van der Waals surface area (Å²) in [6.45, 7) is 1.57. The summed E-state index contributed by atoms with van der Waals surface area (Å²) in [5.74, 6) is -1.44. The van der Waals surface area contributed by atoms with Crippen molar-refractivity contribution in [1.29, 1.82) is 0 Å². The molecule has 0 atom stereocenters. The van der Waals surface area contributed by atoms with E-state index in [9.17, 15) is 14.0 Å². The largest absolute Gasteiger partial charge is 0.480 e. The molecule has 4 nitrogen and oxygen atoms in total. The second kappa shape index (κ2) is 6.09. The summed E-state index contributed by atoms with van der Waals surface area (Å²) in [4.78, 5) is 25.1. The lowest BCUT2D eigenvalue weighted by Gasteiger charge is -2.30.